The standard InChI is InChI=1S/C19H14O6/c1-11(20)9-22-14-4-2-13-6-15(19(21)25-17(13)8-14)12-3-5-16-18(7-12)24-10-23-16/h2-8H,9-10H2,1H3. The van der Waals surface area contributed by atoms with Gasteiger partial charge in [0, 0.05) is 11.5 Å². The molecule has 126 valence electrons. The minimum absolute atomic E-state index is 0.0228. The number of hydrogen-bond acceptors (Lipinski definition) is 6. The predicted octanol–water partition coefficient (Wildman–Crippen LogP) is 3.16. The van der Waals surface area contributed by atoms with Crippen molar-refractivity contribution in [3.8, 4) is 28.4 Å². The van der Waals surface area contributed by atoms with Gasteiger partial charge in [0.2, 0.25) is 6.79 Å². The molecular formula is C19H14O6. The fourth-order valence-electron chi connectivity index (χ4n) is 2.63. The molecule has 0 aliphatic carbocycles. The monoisotopic (exact) mass is 338 g/mol. The molecule has 6 nitrogen and oxygen atoms in total. The highest BCUT2D eigenvalue weighted by Crippen LogP contribution is 2.35. The summed E-state index contributed by atoms with van der Waals surface area (Å²) in [6.07, 6.45) is 0. The third-order valence-electron chi connectivity index (χ3n) is 3.83. The summed E-state index contributed by atoms with van der Waals surface area (Å²) in [5, 5.41) is 0.752. The Hall–Kier alpha value is -3.28. The summed E-state index contributed by atoms with van der Waals surface area (Å²) < 4.78 is 21.4. The van der Waals surface area contributed by atoms with Crippen LogP contribution in [0.1, 0.15) is 6.92 Å². The summed E-state index contributed by atoms with van der Waals surface area (Å²) >= 11 is 0. The number of carbonyl (C=O) groups excluding carboxylic acids is 1. The van der Waals surface area contributed by atoms with E-state index in [-0.39, 0.29) is 19.2 Å². The van der Waals surface area contributed by atoms with E-state index in [9.17, 15) is 9.59 Å². The van der Waals surface area contributed by atoms with Crippen LogP contribution in [0.5, 0.6) is 17.2 Å². The van der Waals surface area contributed by atoms with E-state index in [1.807, 2.05) is 0 Å². The van der Waals surface area contributed by atoms with E-state index in [4.69, 9.17) is 18.6 Å². The van der Waals surface area contributed by atoms with Crippen molar-refractivity contribution < 1.29 is 23.4 Å². The second kappa shape index (κ2) is 5.98. The van der Waals surface area contributed by atoms with Crippen LogP contribution >= 0.6 is 0 Å². The Bertz CT molecular complexity index is 1030. The molecule has 0 saturated heterocycles. The molecule has 0 amide bonds. The third kappa shape index (κ3) is 2.94. The van der Waals surface area contributed by atoms with Gasteiger partial charge < -0.3 is 18.6 Å². The van der Waals surface area contributed by atoms with Crippen LogP contribution in [-0.2, 0) is 4.79 Å². The van der Waals surface area contributed by atoms with E-state index < -0.39 is 5.63 Å². The topological polar surface area (TPSA) is 75.0 Å². The number of hydrogen-bond donors (Lipinski definition) is 0. The van der Waals surface area contributed by atoms with E-state index >= 15 is 0 Å². The van der Waals surface area contributed by atoms with Crippen LogP contribution in [-0.4, -0.2) is 19.2 Å². The number of fused-ring (bicyclic) bond motifs is 2. The zero-order chi connectivity index (χ0) is 17.4. The quantitative estimate of drug-likeness (QED) is 0.680. The average Bonchev–Trinajstić information content (AvgIpc) is 3.06. The summed E-state index contributed by atoms with van der Waals surface area (Å²) in [6.45, 7) is 1.60. The zero-order valence-electron chi connectivity index (χ0n) is 13.4. The van der Waals surface area contributed by atoms with Crippen LogP contribution in [0, 0.1) is 0 Å². The molecule has 1 aliphatic heterocycles. The summed E-state index contributed by atoms with van der Waals surface area (Å²) in [5.74, 6) is 1.65. The highest BCUT2D eigenvalue weighted by molar-refractivity contribution is 5.83. The van der Waals surface area contributed by atoms with Crippen molar-refractivity contribution in [2.75, 3.05) is 13.4 Å². The summed E-state index contributed by atoms with van der Waals surface area (Å²) in [4.78, 5) is 23.4. The molecule has 0 N–H and O–H groups in total. The first kappa shape index (κ1) is 15.3. The Balaban J connectivity index is 1.73. The number of ketones is 1. The van der Waals surface area contributed by atoms with E-state index in [0.717, 1.165) is 5.39 Å². The average molecular weight is 338 g/mol. The smallest absolute Gasteiger partial charge is 0.344 e. The zero-order valence-corrected chi connectivity index (χ0v) is 13.4. The minimum atomic E-state index is -0.463. The lowest BCUT2D eigenvalue weighted by atomic mass is 10.1. The van der Waals surface area contributed by atoms with Gasteiger partial charge >= 0.3 is 5.63 Å². The molecule has 4 rings (SSSR count). The van der Waals surface area contributed by atoms with Crippen molar-refractivity contribution in [1.29, 1.82) is 0 Å². The SMILES string of the molecule is CC(=O)COc1ccc2cc(-c3ccc4c(c3)OCO4)c(=O)oc2c1. The molecule has 1 aromatic heterocycles. The first-order chi connectivity index (χ1) is 12.1. The van der Waals surface area contributed by atoms with E-state index in [1.54, 1.807) is 42.5 Å². The third-order valence-corrected chi connectivity index (χ3v) is 3.83. The highest BCUT2D eigenvalue weighted by atomic mass is 16.7. The molecule has 0 unspecified atom stereocenters. The van der Waals surface area contributed by atoms with Gasteiger partial charge in [0.25, 0.3) is 0 Å². The van der Waals surface area contributed by atoms with Gasteiger partial charge in [0.15, 0.2) is 17.3 Å². The van der Waals surface area contributed by atoms with Gasteiger partial charge in [-0.25, -0.2) is 4.79 Å². The van der Waals surface area contributed by atoms with Crippen LogP contribution in [0.15, 0.2) is 51.7 Å². The molecule has 1 aliphatic rings. The molecular weight excluding hydrogens is 324 g/mol. The van der Waals surface area contributed by atoms with E-state index in [0.29, 0.717) is 34.0 Å². The van der Waals surface area contributed by atoms with Crippen LogP contribution in [0.4, 0.5) is 0 Å². The lowest BCUT2D eigenvalue weighted by Crippen LogP contribution is -2.07. The molecule has 0 spiro atoms. The molecule has 0 atom stereocenters. The van der Waals surface area contributed by atoms with Crippen molar-refractivity contribution >= 4 is 16.8 Å². The van der Waals surface area contributed by atoms with Gasteiger partial charge in [-0.3, -0.25) is 4.79 Å². The first-order valence-corrected chi connectivity index (χ1v) is 7.70. The fourth-order valence-corrected chi connectivity index (χ4v) is 2.63. The van der Waals surface area contributed by atoms with Gasteiger partial charge in [-0.1, -0.05) is 6.07 Å². The number of carbonyl (C=O) groups is 1. The second-order valence-electron chi connectivity index (χ2n) is 5.71. The van der Waals surface area contributed by atoms with Crippen molar-refractivity contribution in [2.24, 2.45) is 0 Å². The molecule has 25 heavy (non-hydrogen) atoms. The summed E-state index contributed by atoms with van der Waals surface area (Å²) in [5.41, 5.74) is 1.06. The number of ether oxygens (including phenoxy) is 3. The maximum Gasteiger partial charge on any atom is 0.344 e. The molecule has 2 heterocycles. The first-order valence-electron chi connectivity index (χ1n) is 7.70. The summed E-state index contributed by atoms with van der Waals surface area (Å²) in [7, 11) is 0. The van der Waals surface area contributed by atoms with Gasteiger partial charge in [-0.15, -0.1) is 0 Å². The van der Waals surface area contributed by atoms with Crippen LogP contribution in [0.2, 0.25) is 0 Å². The predicted molar refractivity (Wildman–Crippen MR) is 90.2 cm³/mol. The molecule has 0 radical (unpaired) electrons. The lowest BCUT2D eigenvalue weighted by molar-refractivity contribution is -0.118. The van der Waals surface area contributed by atoms with Crippen molar-refractivity contribution in [2.45, 2.75) is 6.92 Å². The Morgan fingerprint density at radius 2 is 1.92 bits per heavy atom. The number of rotatable bonds is 4. The molecule has 6 heteroatoms. The molecule has 0 saturated carbocycles. The fraction of sp³-hybridized carbons (Fsp3) is 0.158. The maximum atomic E-state index is 12.4. The van der Waals surface area contributed by atoms with Crippen molar-refractivity contribution in [3.63, 3.8) is 0 Å². The largest absolute Gasteiger partial charge is 0.486 e. The van der Waals surface area contributed by atoms with Gasteiger partial charge in [-0.05, 0) is 42.8 Å². The number of benzene rings is 2. The van der Waals surface area contributed by atoms with Crippen molar-refractivity contribution in [3.05, 3.63) is 52.9 Å². The Labute approximate surface area is 142 Å². The minimum Gasteiger partial charge on any atom is -0.486 e. The lowest BCUT2D eigenvalue weighted by Gasteiger charge is -2.06. The van der Waals surface area contributed by atoms with Crippen LogP contribution in [0.25, 0.3) is 22.1 Å². The Kier molecular flexibility index (Phi) is 3.65. The molecule has 0 fully saturated rings. The van der Waals surface area contributed by atoms with E-state index in [2.05, 4.69) is 0 Å². The van der Waals surface area contributed by atoms with Gasteiger partial charge in [0.05, 0.1) is 5.56 Å². The second-order valence-corrected chi connectivity index (χ2v) is 5.71. The molecule has 0 bridgehead atoms. The van der Waals surface area contributed by atoms with Crippen LogP contribution in [0.3, 0.4) is 0 Å². The molecule has 2 aromatic carbocycles. The Morgan fingerprint density at radius 3 is 2.76 bits per heavy atom. The van der Waals surface area contributed by atoms with Gasteiger partial charge in [-0.2, -0.15) is 0 Å². The summed E-state index contributed by atoms with van der Waals surface area (Å²) in [6, 6.07) is 12.2. The van der Waals surface area contributed by atoms with Crippen LogP contribution < -0.4 is 19.8 Å². The maximum absolute atomic E-state index is 12.4. The van der Waals surface area contributed by atoms with E-state index in [1.165, 1.54) is 6.92 Å². The normalized spacial score (nSPS) is 12.4. The molecule has 3 aromatic rings. The number of Topliss-reactive ketones (excluding diaryl/α,β-unsaturated/α-hetero) is 1. The van der Waals surface area contributed by atoms with Crippen molar-refractivity contribution in [1.82, 2.24) is 0 Å². The van der Waals surface area contributed by atoms with Gasteiger partial charge in [0.1, 0.15) is 17.9 Å². The Morgan fingerprint density at radius 1 is 1.08 bits per heavy atom. The highest BCUT2D eigenvalue weighted by Gasteiger charge is 2.16.